The molecular formula is C26H26ClF2N3O2S. The van der Waals surface area contributed by atoms with E-state index in [0.29, 0.717) is 28.5 Å². The fraction of sp³-hybridized carbons (Fsp3) is 0.346. The fourth-order valence-corrected chi connectivity index (χ4v) is 5.40. The summed E-state index contributed by atoms with van der Waals surface area (Å²) in [5.41, 5.74) is 2.75. The molecule has 35 heavy (non-hydrogen) atoms. The highest BCUT2D eigenvalue weighted by atomic mass is 35.5. The molecule has 1 unspecified atom stereocenters. The number of carbonyl (C=O) groups is 2. The molecule has 0 radical (unpaired) electrons. The number of halogens is 3. The summed E-state index contributed by atoms with van der Waals surface area (Å²) in [6, 6.07) is 8.36. The Morgan fingerprint density at radius 1 is 1.23 bits per heavy atom. The van der Waals surface area contributed by atoms with Crippen LogP contribution in [0.5, 0.6) is 0 Å². The Hall–Kier alpha value is -2.71. The maximum atomic E-state index is 13.9. The van der Waals surface area contributed by atoms with Crippen LogP contribution < -0.4 is 5.32 Å². The first-order chi connectivity index (χ1) is 16.8. The average molecular weight is 518 g/mol. The zero-order valence-corrected chi connectivity index (χ0v) is 20.9. The molecule has 2 aliphatic rings. The number of allylic oxidation sites excluding steroid dienone is 1. The molecule has 9 heteroatoms. The van der Waals surface area contributed by atoms with Gasteiger partial charge in [-0.15, -0.1) is 0 Å². The van der Waals surface area contributed by atoms with Crippen molar-refractivity contribution in [2.24, 2.45) is 4.99 Å². The number of thioether (sulfide) groups is 1. The van der Waals surface area contributed by atoms with Crippen LogP contribution in [0.1, 0.15) is 44.1 Å². The molecule has 1 aliphatic heterocycles. The second-order valence-electron chi connectivity index (χ2n) is 8.66. The highest BCUT2D eigenvalue weighted by Crippen LogP contribution is 2.34. The van der Waals surface area contributed by atoms with E-state index in [-0.39, 0.29) is 18.0 Å². The van der Waals surface area contributed by atoms with Gasteiger partial charge in [0.15, 0.2) is 5.17 Å². The summed E-state index contributed by atoms with van der Waals surface area (Å²) in [4.78, 5) is 32.2. The third kappa shape index (κ3) is 6.49. The Kier molecular flexibility index (Phi) is 8.23. The van der Waals surface area contributed by atoms with Gasteiger partial charge in [0.25, 0.3) is 0 Å². The second kappa shape index (κ2) is 11.4. The summed E-state index contributed by atoms with van der Waals surface area (Å²) >= 11 is 7.47. The molecule has 5 nitrogen and oxygen atoms in total. The molecule has 0 spiro atoms. The number of aryl methyl sites for hydroxylation is 1. The lowest BCUT2D eigenvalue weighted by Gasteiger charge is -2.19. The van der Waals surface area contributed by atoms with Crippen molar-refractivity contribution >= 4 is 51.7 Å². The number of amides is 2. The normalized spacial score (nSPS) is 19.3. The van der Waals surface area contributed by atoms with Gasteiger partial charge >= 0.3 is 0 Å². The van der Waals surface area contributed by atoms with E-state index in [1.165, 1.54) is 23.8 Å². The van der Waals surface area contributed by atoms with Crippen molar-refractivity contribution in [3.8, 4) is 0 Å². The van der Waals surface area contributed by atoms with Gasteiger partial charge in [-0.25, -0.2) is 13.8 Å². The van der Waals surface area contributed by atoms with Crippen LogP contribution in [0, 0.1) is 18.6 Å². The highest BCUT2D eigenvalue weighted by Gasteiger charge is 2.39. The third-order valence-electron chi connectivity index (χ3n) is 6.02. The first-order valence-electron chi connectivity index (χ1n) is 11.6. The molecule has 4 rings (SSSR count). The van der Waals surface area contributed by atoms with E-state index in [4.69, 9.17) is 11.6 Å². The predicted molar refractivity (Wildman–Crippen MR) is 137 cm³/mol. The van der Waals surface area contributed by atoms with Crippen molar-refractivity contribution < 1.29 is 18.4 Å². The molecule has 1 saturated heterocycles. The van der Waals surface area contributed by atoms with Gasteiger partial charge in [0, 0.05) is 24.1 Å². The van der Waals surface area contributed by atoms with E-state index in [9.17, 15) is 18.4 Å². The molecule has 1 fully saturated rings. The lowest BCUT2D eigenvalue weighted by molar-refractivity contribution is -0.128. The first-order valence-corrected chi connectivity index (χ1v) is 12.8. The van der Waals surface area contributed by atoms with E-state index in [1.807, 2.05) is 19.1 Å². The van der Waals surface area contributed by atoms with Crippen LogP contribution in [0.25, 0.3) is 0 Å². The summed E-state index contributed by atoms with van der Waals surface area (Å²) in [5.74, 6) is -2.35. The van der Waals surface area contributed by atoms with Crippen LogP contribution in [0.4, 0.5) is 20.2 Å². The van der Waals surface area contributed by atoms with Crippen molar-refractivity contribution in [2.75, 3.05) is 11.9 Å². The summed E-state index contributed by atoms with van der Waals surface area (Å²) in [6.45, 7) is 2.37. The van der Waals surface area contributed by atoms with Gasteiger partial charge in [-0.2, -0.15) is 0 Å². The minimum Gasteiger partial charge on any atom is -0.324 e. The third-order valence-corrected chi connectivity index (χ3v) is 7.60. The summed E-state index contributed by atoms with van der Waals surface area (Å²) < 4.78 is 27.1. The zero-order valence-electron chi connectivity index (χ0n) is 19.3. The molecule has 1 aliphatic carbocycles. The van der Waals surface area contributed by atoms with Crippen LogP contribution in [-0.4, -0.2) is 33.7 Å². The van der Waals surface area contributed by atoms with E-state index < -0.39 is 22.8 Å². The highest BCUT2D eigenvalue weighted by molar-refractivity contribution is 8.15. The summed E-state index contributed by atoms with van der Waals surface area (Å²) in [7, 11) is 0. The van der Waals surface area contributed by atoms with Gasteiger partial charge in [-0.05, 0) is 68.9 Å². The number of rotatable bonds is 7. The van der Waals surface area contributed by atoms with Gasteiger partial charge in [0.2, 0.25) is 11.8 Å². The van der Waals surface area contributed by atoms with Crippen LogP contribution in [0.3, 0.4) is 0 Å². The summed E-state index contributed by atoms with van der Waals surface area (Å²) in [6.07, 6.45) is 7.27. The maximum absolute atomic E-state index is 13.9. The monoisotopic (exact) mass is 517 g/mol. The van der Waals surface area contributed by atoms with Crippen LogP contribution in [0.15, 0.2) is 53.0 Å². The topological polar surface area (TPSA) is 61.8 Å². The number of hydrogen-bond donors (Lipinski definition) is 1. The number of nitrogens with one attached hydrogen (secondary N) is 1. The number of carbonyl (C=O) groups excluding carboxylic acids is 2. The Balaban J connectivity index is 1.51. The molecule has 2 amide bonds. The van der Waals surface area contributed by atoms with Crippen molar-refractivity contribution in [1.29, 1.82) is 0 Å². The first kappa shape index (κ1) is 25.4. The molecule has 0 bridgehead atoms. The van der Waals surface area contributed by atoms with Gasteiger partial charge in [0.05, 0.1) is 11.4 Å². The Bertz CT molecular complexity index is 1200. The van der Waals surface area contributed by atoms with E-state index in [0.717, 1.165) is 43.4 Å². The largest absolute Gasteiger partial charge is 0.324 e. The number of anilines is 1. The van der Waals surface area contributed by atoms with Gasteiger partial charge in [-0.1, -0.05) is 41.1 Å². The molecule has 0 saturated carbocycles. The van der Waals surface area contributed by atoms with Crippen LogP contribution >= 0.6 is 23.4 Å². The lowest BCUT2D eigenvalue weighted by atomic mass is 9.97. The zero-order chi connectivity index (χ0) is 24.9. The van der Waals surface area contributed by atoms with Gasteiger partial charge in [0.1, 0.15) is 16.9 Å². The number of hydrogen-bond acceptors (Lipinski definition) is 4. The SMILES string of the molecule is Cc1ccc(N=C2SC(CC(=O)Nc3ccc(F)cc3F)C(=O)N2CCC2=CCCCC2)cc1Cl. The Labute approximate surface area is 212 Å². The molecule has 184 valence electrons. The van der Waals surface area contributed by atoms with Crippen molar-refractivity contribution in [3.63, 3.8) is 0 Å². The fourth-order valence-electron chi connectivity index (χ4n) is 4.04. The molecular weight excluding hydrogens is 492 g/mol. The second-order valence-corrected chi connectivity index (χ2v) is 10.2. The molecule has 2 aromatic rings. The van der Waals surface area contributed by atoms with Crippen LogP contribution in [-0.2, 0) is 9.59 Å². The van der Waals surface area contributed by atoms with Crippen LogP contribution in [0.2, 0.25) is 5.02 Å². The quantitative estimate of drug-likeness (QED) is 0.412. The molecule has 1 atom stereocenters. The number of amidine groups is 1. The number of aliphatic imine (C=N–C) groups is 1. The standard InChI is InChI=1S/C26H26ClF2N3O2S/c1-16-7-9-19(14-20(16)27)30-26-32(12-11-17-5-3-2-4-6-17)25(34)23(35-26)15-24(33)31-22-10-8-18(28)13-21(22)29/h5,7-10,13-14,23H,2-4,6,11-12,15H2,1H3,(H,31,33). The Morgan fingerprint density at radius 2 is 2.06 bits per heavy atom. The van der Waals surface area contributed by atoms with Crippen molar-refractivity contribution in [3.05, 3.63) is 70.3 Å². The lowest BCUT2D eigenvalue weighted by Crippen LogP contribution is -2.34. The van der Waals surface area contributed by atoms with Crippen molar-refractivity contribution in [2.45, 2.75) is 50.7 Å². The minimum absolute atomic E-state index is 0.129. The van der Waals surface area contributed by atoms with Gasteiger partial charge < -0.3 is 5.32 Å². The number of nitrogens with zero attached hydrogens (tertiary/aromatic N) is 2. The van der Waals surface area contributed by atoms with Crippen molar-refractivity contribution in [1.82, 2.24) is 4.90 Å². The predicted octanol–water partition coefficient (Wildman–Crippen LogP) is 6.78. The molecule has 1 N–H and O–H groups in total. The van der Waals surface area contributed by atoms with E-state index in [1.54, 1.807) is 11.0 Å². The Morgan fingerprint density at radius 3 is 2.77 bits per heavy atom. The number of benzene rings is 2. The van der Waals surface area contributed by atoms with E-state index >= 15 is 0 Å². The smallest absolute Gasteiger partial charge is 0.242 e. The van der Waals surface area contributed by atoms with E-state index in [2.05, 4.69) is 16.4 Å². The van der Waals surface area contributed by atoms with Gasteiger partial charge in [-0.3, -0.25) is 14.5 Å². The minimum atomic E-state index is -0.871. The maximum Gasteiger partial charge on any atom is 0.242 e. The molecule has 2 aromatic carbocycles. The summed E-state index contributed by atoms with van der Waals surface area (Å²) in [5, 5.41) is 2.83. The average Bonchev–Trinajstić information content (AvgIpc) is 3.11. The molecule has 0 aromatic heterocycles. The molecule has 1 heterocycles.